The van der Waals surface area contributed by atoms with Crippen LogP contribution in [0.4, 0.5) is 0 Å². The molecule has 0 spiro atoms. The zero-order valence-electron chi connectivity index (χ0n) is 15.6. The van der Waals surface area contributed by atoms with Crippen molar-refractivity contribution in [3.8, 4) is 0 Å². The minimum absolute atomic E-state index is 0.508. The van der Waals surface area contributed by atoms with Crippen molar-refractivity contribution in [3.05, 3.63) is 52.7 Å². The smallest absolute Gasteiger partial charge is 0.214 e. The number of aliphatic imine (C=N–C) groups is 1. The van der Waals surface area contributed by atoms with Crippen molar-refractivity contribution in [2.45, 2.75) is 47.4 Å². The molecule has 1 heterocycles. The summed E-state index contributed by atoms with van der Waals surface area (Å²) in [5.74, 6) is 2.26. The molecule has 0 amide bonds. The van der Waals surface area contributed by atoms with E-state index < -0.39 is 0 Å². The summed E-state index contributed by atoms with van der Waals surface area (Å²) in [5.41, 5.74) is 3.25. The summed E-state index contributed by atoms with van der Waals surface area (Å²) in [6, 6.07) is 8.34. The molecule has 0 aliphatic carbocycles. The number of aromatic nitrogens is 1. The van der Waals surface area contributed by atoms with Crippen molar-refractivity contribution < 1.29 is 9.15 Å². The highest BCUT2D eigenvalue weighted by atomic mass is 16.5. The van der Waals surface area contributed by atoms with Crippen molar-refractivity contribution in [1.29, 1.82) is 0 Å². The molecule has 0 saturated heterocycles. The van der Waals surface area contributed by atoms with Crippen LogP contribution in [0.15, 0.2) is 33.7 Å². The molecule has 0 fully saturated rings. The quantitative estimate of drug-likeness (QED) is 0.569. The van der Waals surface area contributed by atoms with Crippen LogP contribution in [0.25, 0.3) is 0 Å². The van der Waals surface area contributed by atoms with Crippen LogP contribution in [0.5, 0.6) is 0 Å². The zero-order chi connectivity index (χ0) is 18.1. The first-order valence-electron chi connectivity index (χ1n) is 8.73. The molecular formula is C19H28N4O2. The summed E-state index contributed by atoms with van der Waals surface area (Å²) in [6.07, 6.45) is 0. The summed E-state index contributed by atoms with van der Waals surface area (Å²) in [7, 11) is 0. The second kappa shape index (κ2) is 9.84. The molecule has 2 rings (SSSR count). The number of hydrogen-bond acceptors (Lipinski definition) is 4. The predicted molar refractivity (Wildman–Crippen MR) is 99.4 cm³/mol. The molecule has 6 heteroatoms. The molecule has 0 unspecified atom stereocenters. The summed E-state index contributed by atoms with van der Waals surface area (Å²) in [4.78, 5) is 8.98. The molecule has 0 aliphatic heterocycles. The van der Waals surface area contributed by atoms with Crippen LogP contribution in [-0.4, -0.2) is 24.1 Å². The molecule has 0 radical (unpaired) electrons. The number of nitrogens with one attached hydrogen (secondary N) is 2. The van der Waals surface area contributed by atoms with Gasteiger partial charge in [0.15, 0.2) is 5.96 Å². The fourth-order valence-corrected chi connectivity index (χ4v) is 2.25. The Morgan fingerprint density at radius 1 is 1.12 bits per heavy atom. The first-order valence-corrected chi connectivity index (χ1v) is 8.73. The van der Waals surface area contributed by atoms with Crippen LogP contribution in [0, 0.1) is 13.8 Å². The normalized spacial score (nSPS) is 11.6. The van der Waals surface area contributed by atoms with E-state index in [1.54, 1.807) is 0 Å². The predicted octanol–water partition coefficient (Wildman–Crippen LogP) is 3.08. The van der Waals surface area contributed by atoms with E-state index >= 15 is 0 Å². The van der Waals surface area contributed by atoms with Gasteiger partial charge in [-0.05, 0) is 38.8 Å². The molecule has 2 N–H and O–H groups in total. The van der Waals surface area contributed by atoms with E-state index in [-0.39, 0.29) is 0 Å². The van der Waals surface area contributed by atoms with Gasteiger partial charge in [0.25, 0.3) is 0 Å². The van der Waals surface area contributed by atoms with Gasteiger partial charge in [0.05, 0.1) is 25.4 Å². The van der Waals surface area contributed by atoms with Crippen molar-refractivity contribution in [1.82, 2.24) is 15.6 Å². The van der Waals surface area contributed by atoms with Crippen LogP contribution in [0.1, 0.15) is 42.3 Å². The average Bonchev–Trinajstić information content (AvgIpc) is 2.94. The first-order chi connectivity index (χ1) is 12.1. The molecule has 0 bridgehead atoms. The molecule has 25 heavy (non-hydrogen) atoms. The van der Waals surface area contributed by atoms with Gasteiger partial charge in [0.1, 0.15) is 5.76 Å². The van der Waals surface area contributed by atoms with Gasteiger partial charge in [-0.1, -0.05) is 24.3 Å². The lowest BCUT2D eigenvalue weighted by molar-refractivity contribution is 0.134. The number of aryl methyl sites for hydroxylation is 2. The zero-order valence-corrected chi connectivity index (χ0v) is 15.6. The number of hydrogen-bond donors (Lipinski definition) is 2. The lowest BCUT2D eigenvalue weighted by atomic mass is 10.1. The van der Waals surface area contributed by atoms with E-state index in [2.05, 4.69) is 44.9 Å². The number of rotatable bonds is 8. The summed E-state index contributed by atoms with van der Waals surface area (Å²) in [5, 5.41) is 6.48. The molecule has 1 aromatic carbocycles. The molecular weight excluding hydrogens is 316 g/mol. The number of nitrogens with zero attached hydrogens (tertiary/aromatic N) is 2. The number of guanidine groups is 1. The Labute approximate surface area is 149 Å². The molecule has 6 nitrogen and oxygen atoms in total. The largest absolute Gasteiger partial charge is 0.444 e. The minimum atomic E-state index is 0.508. The van der Waals surface area contributed by atoms with Gasteiger partial charge >= 0.3 is 0 Å². The van der Waals surface area contributed by atoms with Crippen LogP contribution >= 0.6 is 0 Å². The third-order valence-electron chi connectivity index (χ3n) is 3.74. The van der Waals surface area contributed by atoms with Crippen molar-refractivity contribution in [3.63, 3.8) is 0 Å². The SMILES string of the molecule is CCNC(=NCc1ccc(COCC)cc1)NCc1nc(C)c(C)o1. The fourth-order valence-electron chi connectivity index (χ4n) is 2.25. The first kappa shape index (κ1) is 19.0. The van der Waals surface area contributed by atoms with E-state index in [1.165, 1.54) is 5.56 Å². The van der Waals surface area contributed by atoms with Crippen LogP contribution in [0.2, 0.25) is 0 Å². The number of ether oxygens (including phenoxy) is 1. The third kappa shape index (κ3) is 6.23. The number of oxazole rings is 1. The molecule has 0 aliphatic rings. The van der Waals surface area contributed by atoms with Gasteiger partial charge in [-0.15, -0.1) is 0 Å². The van der Waals surface area contributed by atoms with Crippen molar-refractivity contribution in [2.24, 2.45) is 4.99 Å². The maximum absolute atomic E-state index is 5.58. The van der Waals surface area contributed by atoms with Crippen LogP contribution in [0.3, 0.4) is 0 Å². The highest BCUT2D eigenvalue weighted by Gasteiger charge is 2.06. The Kier molecular flexibility index (Phi) is 7.47. The highest BCUT2D eigenvalue weighted by Crippen LogP contribution is 2.08. The molecule has 0 saturated carbocycles. The standard InChI is InChI=1S/C19H28N4O2/c1-5-20-19(22-12-18-23-14(3)15(4)25-18)21-11-16-7-9-17(10-8-16)13-24-6-2/h7-10H,5-6,11-13H2,1-4H3,(H2,20,21,22). The van der Waals surface area contributed by atoms with Crippen LogP contribution < -0.4 is 10.6 Å². The van der Waals surface area contributed by atoms with Gasteiger partial charge in [0, 0.05) is 13.2 Å². The van der Waals surface area contributed by atoms with Gasteiger partial charge in [0.2, 0.25) is 5.89 Å². The van der Waals surface area contributed by atoms with E-state index in [0.29, 0.717) is 25.6 Å². The lowest BCUT2D eigenvalue weighted by Gasteiger charge is -2.10. The lowest BCUT2D eigenvalue weighted by Crippen LogP contribution is -2.36. The monoisotopic (exact) mass is 344 g/mol. The Hall–Kier alpha value is -2.34. The van der Waals surface area contributed by atoms with Gasteiger partial charge < -0.3 is 19.8 Å². The summed E-state index contributed by atoms with van der Waals surface area (Å²) < 4.78 is 11.0. The van der Waals surface area contributed by atoms with Crippen molar-refractivity contribution in [2.75, 3.05) is 13.2 Å². The molecule has 1 aromatic heterocycles. The Bertz CT molecular complexity index is 658. The summed E-state index contributed by atoms with van der Waals surface area (Å²) >= 11 is 0. The number of benzene rings is 1. The topological polar surface area (TPSA) is 71.7 Å². The highest BCUT2D eigenvalue weighted by molar-refractivity contribution is 5.79. The van der Waals surface area contributed by atoms with Gasteiger partial charge in [-0.25, -0.2) is 9.98 Å². The minimum Gasteiger partial charge on any atom is -0.444 e. The van der Waals surface area contributed by atoms with Gasteiger partial charge in [-0.3, -0.25) is 0 Å². The molecule has 0 atom stereocenters. The van der Waals surface area contributed by atoms with E-state index in [0.717, 1.165) is 36.1 Å². The second-order valence-electron chi connectivity index (χ2n) is 5.75. The molecule has 136 valence electrons. The maximum Gasteiger partial charge on any atom is 0.214 e. The fraction of sp³-hybridized carbons (Fsp3) is 0.474. The third-order valence-corrected chi connectivity index (χ3v) is 3.74. The van der Waals surface area contributed by atoms with Crippen LogP contribution in [-0.2, 0) is 24.4 Å². The Morgan fingerprint density at radius 3 is 2.44 bits per heavy atom. The van der Waals surface area contributed by atoms with E-state index in [9.17, 15) is 0 Å². The Balaban J connectivity index is 1.91. The van der Waals surface area contributed by atoms with Crippen molar-refractivity contribution >= 4 is 5.96 Å². The average molecular weight is 344 g/mol. The summed E-state index contributed by atoms with van der Waals surface area (Å²) in [6.45, 7) is 11.2. The maximum atomic E-state index is 5.58. The van der Waals surface area contributed by atoms with E-state index in [1.807, 2.05) is 27.7 Å². The van der Waals surface area contributed by atoms with Gasteiger partial charge in [-0.2, -0.15) is 0 Å². The second-order valence-corrected chi connectivity index (χ2v) is 5.75. The molecule has 2 aromatic rings. The Morgan fingerprint density at radius 2 is 1.84 bits per heavy atom. The van der Waals surface area contributed by atoms with E-state index in [4.69, 9.17) is 9.15 Å².